The van der Waals surface area contributed by atoms with Crippen LogP contribution in [0.15, 0.2) is 94.4 Å². The fourth-order valence-corrected chi connectivity index (χ4v) is 9.81. The quantitative estimate of drug-likeness (QED) is 0.0319. The third-order valence-corrected chi connectivity index (χ3v) is 13.1. The van der Waals surface area contributed by atoms with E-state index in [-0.39, 0.29) is 119 Å². The van der Waals surface area contributed by atoms with Crippen molar-refractivity contribution < 1.29 is 147 Å². The van der Waals surface area contributed by atoms with Crippen LogP contribution in [0.2, 0.25) is 0 Å². The summed E-state index contributed by atoms with van der Waals surface area (Å²) in [7, 11) is -13.4. The predicted molar refractivity (Wildman–Crippen MR) is 205 cm³/mol. The second kappa shape index (κ2) is 19.8. The van der Waals surface area contributed by atoms with Gasteiger partial charge in [0.25, 0.3) is 10.1 Å². The number of rotatable bonds is 14. The van der Waals surface area contributed by atoms with E-state index in [9.17, 15) is 44.2 Å². The van der Waals surface area contributed by atoms with E-state index in [4.69, 9.17) is 0 Å². The fourth-order valence-electron chi connectivity index (χ4n) is 7.92. The van der Waals surface area contributed by atoms with Gasteiger partial charge in [0, 0.05) is 58.1 Å². The molecule has 21 heteroatoms. The first-order valence-corrected chi connectivity index (χ1v) is 22.4. The normalized spacial score (nSPS) is 16.7. The molecule has 0 unspecified atom stereocenters. The second-order valence-electron chi connectivity index (χ2n) is 14.5. The third kappa shape index (κ3) is 11.1. The van der Waals surface area contributed by atoms with Crippen molar-refractivity contribution in [3.63, 3.8) is 0 Å². The number of allylic oxidation sites excluding steroid dienone is 4. The average molecular weight is 900 g/mol. The Labute approximate surface area is 409 Å². The van der Waals surface area contributed by atoms with E-state index < -0.39 is 52.7 Å². The molecule has 4 aromatic carbocycles. The van der Waals surface area contributed by atoms with E-state index in [1.165, 1.54) is 12.1 Å². The number of anilines is 1. The molecule has 294 valence electrons. The first-order chi connectivity index (χ1) is 25.6. The van der Waals surface area contributed by atoms with Crippen molar-refractivity contribution in [2.75, 3.05) is 29.5 Å². The molecule has 0 aliphatic carbocycles. The maximum absolute atomic E-state index is 11.8. The summed E-state index contributed by atoms with van der Waals surface area (Å²) in [5, 5.41) is 16.9. The van der Waals surface area contributed by atoms with Gasteiger partial charge in [-0.25, -0.2) is 16.8 Å². The first-order valence-electron chi connectivity index (χ1n) is 17.1. The van der Waals surface area contributed by atoms with E-state index >= 15 is 0 Å². The molecule has 0 amide bonds. The van der Waals surface area contributed by atoms with Gasteiger partial charge in [-0.15, -0.1) is 0 Å². The van der Waals surface area contributed by atoms with Gasteiger partial charge in [0.2, 0.25) is 5.69 Å². The van der Waals surface area contributed by atoms with Crippen molar-refractivity contribution in [3.8, 4) is 0 Å². The molecule has 2 aliphatic rings. The maximum Gasteiger partial charge on any atom is 1.00 e. The Morgan fingerprint density at radius 1 is 0.810 bits per heavy atom. The summed E-state index contributed by atoms with van der Waals surface area (Å²) in [4.78, 5) is 2.30. The molecule has 4 aromatic rings. The molecule has 2 aliphatic heterocycles. The van der Waals surface area contributed by atoms with E-state index in [0.717, 1.165) is 56.7 Å². The topological polar surface area (TPSA) is 217 Å². The van der Waals surface area contributed by atoms with Crippen LogP contribution in [0.1, 0.15) is 51.7 Å². The molecule has 0 aromatic heterocycles. The van der Waals surface area contributed by atoms with E-state index in [0.29, 0.717) is 15.7 Å². The average Bonchev–Trinajstić information content (AvgIpc) is 3.44. The van der Waals surface area contributed by atoms with Gasteiger partial charge < -0.3 is 19.3 Å². The molecule has 58 heavy (non-hydrogen) atoms. The third-order valence-electron chi connectivity index (χ3n) is 10.1. The van der Waals surface area contributed by atoms with Crippen LogP contribution >= 0.6 is 12.0 Å². The van der Waals surface area contributed by atoms with Gasteiger partial charge in [0.05, 0.1) is 38.2 Å². The molecule has 0 spiro atoms. The van der Waals surface area contributed by atoms with Crippen molar-refractivity contribution in [3.05, 3.63) is 95.7 Å². The fraction of sp³-hybridized carbons (Fsp3) is 0.324. The van der Waals surface area contributed by atoms with E-state index in [1.54, 1.807) is 24.3 Å². The van der Waals surface area contributed by atoms with Gasteiger partial charge in [-0.3, -0.25) is 9.59 Å². The minimum atomic E-state index is -4.71. The first kappa shape index (κ1) is 51.7. The number of benzene rings is 4. The molecule has 0 fully saturated rings. The van der Waals surface area contributed by atoms with Crippen molar-refractivity contribution in [1.82, 2.24) is 0 Å². The molecular formula is C37H38N2Na3O12S4+. The molecule has 1 N–H and O–H groups in total. The summed E-state index contributed by atoms with van der Waals surface area (Å²) < 4.78 is 109. The summed E-state index contributed by atoms with van der Waals surface area (Å²) in [5.41, 5.74) is 3.63. The monoisotopic (exact) mass is 899 g/mol. The van der Waals surface area contributed by atoms with Crippen LogP contribution in [0.3, 0.4) is 0 Å². The molecule has 14 nitrogen and oxygen atoms in total. The number of fused-ring (bicyclic) bond motifs is 6. The summed E-state index contributed by atoms with van der Waals surface area (Å²) >= 11 is 0.775. The summed E-state index contributed by atoms with van der Waals surface area (Å²) in [6.45, 7) is 8.50. The number of nitrogens with zero attached hydrogens (tertiary/aromatic N) is 2. The van der Waals surface area contributed by atoms with Crippen LogP contribution in [0.4, 0.5) is 11.4 Å². The van der Waals surface area contributed by atoms with Gasteiger partial charge in [0.1, 0.15) is 16.7 Å². The Balaban J connectivity index is 0.00000300. The predicted octanol–water partition coefficient (Wildman–Crippen LogP) is -4.03. The van der Waals surface area contributed by atoms with Crippen molar-refractivity contribution in [2.45, 2.75) is 61.2 Å². The molecule has 0 radical (unpaired) electrons. The number of hydrogen-bond acceptors (Lipinski definition) is 13. The SMILES string of the molecule is CC1(C)C(C=C/C=C2/N(CCCS(=O)(=O)O)c3ccc4cc(SOO[O-])ccc4c3C2(C)C)=[N+](CCCS(=O)(=O)[O-])c2ccc3cc(S(=O)(=O)[O-])ccc3c21.[Na+].[Na+].[Na+]. The standard InChI is InChI=1S/C37H40N2O12S4.3Na/c1-36(2)32(38(18-6-20-53(41,42)43)30-16-10-24-22-26(52-51-50-40)12-14-28(24)34(30)36)8-5-9-33-37(3,4)35-29-15-13-27(55(47,48)49)23-25(29)11-17-31(35)39(33)19-7-21-54(44,45)46;;;/h5,8-17,22-23H,6-7,18-21H2,1-4H3,(H3-,40,41,42,43,44,45,46,47,48,49);;;/q;3*+1/p-2. The van der Waals surface area contributed by atoms with Crippen molar-refractivity contribution >= 4 is 81.0 Å². The van der Waals surface area contributed by atoms with Gasteiger partial charge in [-0.05, 0) is 89.9 Å². The largest absolute Gasteiger partial charge is 1.00 e. The van der Waals surface area contributed by atoms with Crippen LogP contribution in [0.25, 0.3) is 21.5 Å². The van der Waals surface area contributed by atoms with E-state index in [1.807, 2.05) is 79.7 Å². The minimum Gasteiger partial charge on any atom is -0.748 e. The Bertz CT molecular complexity index is 2650. The molecular weight excluding hydrogens is 862 g/mol. The van der Waals surface area contributed by atoms with Gasteiger partial charge in [-0.2, -0.15) is 17.3 Å². The molecule has 0 bridgehead atoms. The van der Waals surface area contributed by atoms with Gasteiger partial charge in [0.15, 0.2) is 5.71 Å². The molecule has 2 heterocycles. The molecule has 6 rings (SSSR count). The van der Waals surface area contributed by atoms with Gasteiger partial charge in [-0.1, -0.05) is 38.1 Å². The second-order valence-corrected chi connectivity index (χ2v) is 19.7. The zero-order valence-electron chi connectivity index (χ0n) is 33.2. The molecule has 0 saturated heterocycles. The van der Waals surface area contributed by atoms with Crippen LogP contribution in [0, 0.1) is 0 Å². The Morgan fingerprint density at radius 2 is 1.45 bits per heavy atom. The van der Waals surface area contributed by atoms with Crippen molar-refractivity contribution in [2.24, 2.45) is 0 Å². The minimum absolute atomic E-state index is 0. The van der Waals surface area contributed by atoms with Crippen molar-refractivity contribution in [1.29, 1.82) is 0 Å². The van der Waals surface area contributed by atoms with Crippen LogP contribution in [-0.2, 0) is 50.6 Å². The summed E-state index contributed by atoms with van der Waals surface area (Å²) in [5.74, 6) is -1.01. The Kier molecular flexibility index (Phi) is 17.6. The van der Waals surface area contributed by atoms with Gasteiger partial charge >= 0.3 is 88.7 Å². The smallest absolute Gasteiger partial charge is 0.748 e. The number of hydrogen-bond donors (Lipinski definition) is 1. The van der Waals surface area contributed by atoms with Crippen LogP contribution in [-0.4, -0.2) is 73.8 Å². The Morgan fingerprint density at radius 3 is 2.09 bits per heavy atom. The summed E-state index contributed by atoms with van der Waals surface area (Å²) in [6, 6.07) is 17.1. The molecule has 0 atom stereocenters. The zero-order valence-corrected chi connectivity index (χ0v) is 42.5. The molecule has 0 saturated carbocycles. The van der Waals surface area contributed by atoms with Crippen LogP contribution in [0.5, 0.6) is 0 Å². The van der Waals surface area contributed by atoms with Crippen LogP contribution < -0.4 is 98.8 Å². The maximum atomic E-state index is 11.8. The zero-order chi connectivity index (χ0) is 40.1. The Hall–Kier alpha value is -0.690. The summed E-state index contributed by atoms with van der Waals surface area (Å²) in [6.07, 6.45) is 5.86. The van der Waals surface area contributed by atoms with E-state index in [2.05, 4.69) is 9.37 Å².